The highest BCUT2D eigenvalue weighted by atomic mass is 16.3. The molecule has 0 aliphatic rings. The molecule has 0 aliphatic heterocycles. The maximum atomic E-state index is 12.2. The normalized spacial score (nSPS) is 10.8. The van der Waals surface area contributed by atoms with Crippen molar-refractivity contribution in [3.8, 4) is 17.1 Å². The monoisotopic (exact) mass is 295 g/mol. The van der Waals surface area contributed by atoms with E-state index >= 15 is 0 Å². The van der Waals surface area contributed by atoms with Gasteiger partial charge in [0.15, 0.2) is 5.43 Å². The lowest BCUT2D eigenvalue weighted by Crippen LogP contribution is -2.00. The van der Waals surface area contributed by atoms with E-state index in [1.807, 2.05) is 32.0 Å². The molecule has 3 rings (SSSR count). The summed E-state index contributed by atoms with van der Waals surface area (Å²) in [6, 6.07) is 9.53. The highest BCUT2D eigenvalue weighted by Gasteiger charge is 2.13. The number of hydrogen-bond donors (Lipinski definition) is 1. The summed E-state index contributed by atoms with van der Waals surface area (Å²) in [4.78, 5) is 22.9. The molecule has 0 saturated heterocycles. The predicted molar refractivity (Wildman–Crippen MR) is 84.5 cm³/mol. The molecule has 5 nitrogen and oxygen atoms in total. The van der Waals surface area contributed by atoms with Gasteiger partial charge in [0, 0.05) is 23.8 Å². The lowest BCUT2D eigenvalue weighted by molar-refractivity contribution is 0.480. The lowest BCUT2D eigenvalue weighted by atomic mass is 10.0. The quantitative estimate of drug-likeness (QED) is 0.719. The van der Waals surface area contributed by atoms with Crippen molar-refractivity contribution in [2.24, 2.45) is 5.18 Å². The van der Waals surface area contributed by atoms with Gasteiger partial charge in [-0.3, -0.25) is 4.79 Å². The summed E-state index contributed by atoms with van der Waals surface area (Å²) in [5.74, 6) is 0.0653. The highest BCUT2D eigenvalue weighted by molar-refractivity contribution is 5.87. The zero-order valence-corrected chi connectivity index (χ0v) is 12.1. The molecular weight excluding hydrogens is 282 g/mol. The SMILES string of the molecule is Cc1ccc(-c2cc(=O)c3c(O)cc(N=O)cc3o2)cc1C. The van der Waals surface area contributed by atoms with E-state index in [2.05, 4.69) is 5.18 Å². The van der Waals surface area contributed by atoms with E-state index in [0.717, 1.165) is 22.8 Å². The molecule has 110 valence electrons. The van der Waals surface area contributed by atoms with Crippen LogP contribution in [0.3, 0.4) is 0 Å². The zero-order chi connectivity index (χ0) is 15.9. The molecule has 0 bridgehead atoms. The van der Waals surface area contributed by atoms with E-state index in [-0.39, 0.29) is 27.8 Å². The van der Waals surface area contributed by atoms with Crippen LogP contribution in [0.25, 0.3) is 22.3 Å². The summed E-state index contributed by atoms with van der Waals surface area (Å²) in [5, 5.41) is 12.7. The second kappa shape index (κ2) is 5.11. The molecule has 0 radical (unpaired) electrons. The Morgan fingerprint density at radius 3 is 2.50 bits per heavy atom. The van der Waals surface area contributed by atoms with Crippen molar-refractivity contribution in [3.05, 3.63) is 62.7 Å². The van der Waals surface area contributed by atoms with Gasteiger partial charge in [0.1, 0.15) is 28.2 Å². The molecule has 0 unspecified atom stereocenters. The third kappa shape index (κ3) is 2.26. The molecule has 0 atom stereocenters. The van der Waals surface area contributed by atoms with Gasteiger partial charge in [-0.05, 0) is 36.2 Å². The third-order valence-corrected chi connectivity index (χ3v) is 3.69. The fraction of sp³-hybridized carbons (Fsp3) is 0.118. The Labute approximate surface area is 125 Å². The second-order valence-corrected chi connectivity index (χ2v) is 5.20. The molecule has 0 aliphatic carbocycles. The number of aromatic hydroxyl groups is 1. The number of phenols is 1. The van der Waals surface area contributed by atoms with Gasteiger partial charge in [0.2, 0.25) is 0 Å². The maximum Gasteiger partial charge on any atom is 0.197 e. The van der Waals surface area contributed by atoms with E-state index in [1.54, 1.807) is 0 Å². The first-order valence-corrected chi connectivity index (χ1v) is 6.71. The van der Waals surface area contributed by atoms with Crippen molar-refractivity contribution in [1.82, 2.24) is 0 Å². The summed E-state index contributed by atoms with van der Waals surface area (Å²) < 4.78 is 5.69. The van der Waals surface area contributed by atoms with Crippen LogP contribution in [0.1, 0.15) is 11.1 Å². The van der Waals surface area contributed by atoms with Gasteiger partial charge in [-0.15, -0.1) is 4.91 Å². The standard InChI is InChI=1S/C17H13NO4/c1-9-3-4-11(5-10(9)2)15-8-14(20)17-13(19)6-12(18-21)7-16(17)22-15/h3-8,19H,1-2H3. The molecular formula is C17H13NO4. The van der Waals surface area contributed by atoms with Crippen LogP contribution in [-0.4, -0.2) is 5.11 Å². The van der Waals surface area contributed by atoms with E-state index in [4.69, 9.17) is 4.42 Å². The molecule has 2 aromatic carbocycles. The van der Waals surface area contributed by atoms with Crippen LogP contribution < -0.4 is 5.43 Å². The first kappa shape index (κ1) is 14.0. The minimum Gasteiger partial charge on any atom is -0.507 e. The van der Waals surface area contributed by atoms with Gasteiger partial charge in [-0.1, -0.05) is 12.1 Å². The molecule has 3 aromatic rings. The largest absolute Gasteiger partial charge is 0.507 e. The number of aryl methyl sites for hydroxylation is 2. The molecule has 0 fully saturated rings. The van der Waals surface area contributed by atoms with E-state index in [9.17, 15) is 14.8 Å². The second-order valence-electron chi connectivity index (χ2n) is 5.20. The van der Waals surface area contributed by atoms with Gasteiger partial charge < -0.3 is 9.52 Å². The van der Waals surface area contributed by atoms with Crippen molar-refractivity contribution in [2.45, 2.75) is 13.8 Å². The molecule has 0 saturated carbocycles. The summed E-state index contributed by atoms with van der Waals surface area (Å²) in [6.45, 7) is 3.97. The minimum atomic E-state index is -0.371. The Hall–Kier alpha value is -2.95. The van der Waals surface area contributed by atoms with Crippen molar-refractivity contribution < 1.29 is 9.52 Å². The van der Waals surface area contributed by atoms with E-state index < -0.39 is 0 Å². The number of phenolic OH excluding ortho intramolecular Hbond substituents is 1. The number of nitroso groups, excluding NO2 is 1. The average molecular weight is 295 g/mol. The number of benzene rings is 2. The summed E-state index contributed by atoms with van der Waals surface area (Å²) in [5.41, 5.74) is 2.74. The first-order chi connectivity index (χ1) is 10.5. The number of hydrogen-bond acceptors (Lipinski definition) is 5. The van der Waals surface area contributed by atoms with E-state index in [0.29, 0.717) is 5.76 Å². The fourth-order valence-electron chi connectivity index (χ4n) is 2.34. The third-order valence-electron chi connectivity index (χ3n) is 3.69. The van der Waals surface area contributed by atoms with Crippen molar-refractivity contribution in [3.63, 3.8) is 0 Å². The predicted octanol–water partition coefficient (Wildman–Crippen LogP) is 4.18. The average Bonchev–Trinajstić information content (AvgIpc) is 2.49. The lowest BCUT2D eigenvalue weighted by Gasteiger charge is -2.07. The van der Waals surface area contributed by atoms with Gasteiger partial charge in [0.25, 0.3) is 0 Å². The van der Waals surface area contributed by atoms with Crippen molar-refractivity contribution >= 4 is 16.7 Å². The van der Waals surface area contributed by atoms with Gasteiger partial charge in [-0.2, -0.15) is 0 Å². The van der Waals surface area contributed by atoms with Crippen LogP contribution in [-0.2, 0) is 0 Å². The Morgan fingerprint density at radius 2 is 1.82 bits per heavy atom. The maximum absolute atomic E-state index is 12.2. The van der Waals surface area contributed by atoms with Gasteiger partial charge >= 0.3 is 0 Å². The Kier molecular flexibility index (Phi) is 3.25. The molecule has 0 amide bonds. The molecule has 22 heavy (non-hydrogen) atoms. The van der Waals surface area contributed by atoms with Crippen LogP contribution in [0.5, 0.6) is 5.75 Å². The Balaban J connectivity index is 2.30. The zero-order valence-electron chi connectivity index (χ0n) is 12.1. The Morgan fingerprint density at radius 1 is 1.05 bits per heavy atom. The van der Waals surface area contributed by atoms with Gasteiger partial charge in [0.05, 0.1) is 0 Å². The summed E-state index contributed by atoms with van der Waals surface area (Å²) in [7, 11) is 0. The van der Waals surface area contributed by atoms with Gasteiger partial charge in [-0.25, -0.2) is 0 Å². The summed E-state index contributed by atoms with van der Waals surface area (Å²) >= 11 is 0. The number of fused-ring (bicyclic) bond motifs is 1. The van der Waals surface area contributed by atoms with E-state index in [1.165, 1.54) is 12.1 Å². The van der Waals surface area contributed by atoms with Crippen LogP contribution in [0.4, 0.5) is 5.69 Å². The smallest absolute Gasteiger partial charge is 0.197 e. The molecule has 5 heteroatoms. The van der Waals surface area contributed by atoms with Crippen molar-refractivity contribution in [2.75, 3.05) is 0 Å². The van der Waals surface area contributed by atoms with Crippen molar-refractivity contribution in [1.29, 1.82) is 0 Å². The Bertz CT molecular complexity index is 957. The van der Waals surface area contributed by atoms with Crippen LogP contribution in [0.15, 0.2) is 50.8 Å². The van der Waals surface area contributed by atoms with Crippen LogP contribution in [0.2, 0.25) is 0 Å². The minimum absolute atomic E-state index is 0.00499. The first-order valence-electron chi connectivity index (χ1n) is 6.71. The molecule has 0 spiro atoms. The number of nitrogens with zero attached hydrogens (tertiary/aromatic N) is 1. The molecule has 1 heterocycles. The fourth-order valence-corrected chi connectivity index (χ4v) is 2.34. The molecule has 1 aromatic heterocycles. The van der Waals surface area contributed by atoms with Crippen LogP contribution in [0, 0.1) is 18.8 Å². The number of rotatable bonds is 2. The topological polar surface area (TPSA) is 79.9 Å². The highest BCUT2D eigenvalue weighted by Crippen LogP contribution is 2.31. The summed E-state index contributed by atoms with van der Waals surface area (Å²) in [6.07, 6.45) is 0. The van der Waals surface area contributed by atoms with Crippen LogP contribution >= 0.6 is 0 Å². The molecule has 1 N–H and O–H groups in total.